The minimum absolute atomic E-state index is 0.350. The van der Waals surface area contributed by atoms with Gasteiger partial charge in [-0.2, -0.15) is 0 Å². The quantitative estimate of drug-likeness (QED) is 0.494. The monoisotopic (exact) mass is 388 g/mol. The molecule has 0 aliphatic carbocycles. The average molecular weight is 391 g/mol. The first kappa shape index (κ1) is 14.0. The molecule has 2 aromatic rings. The van der Waals surface area contributed by atoms with Crippen LogP contribution in [0.15, 0.2) is 28.7 Å². The maximum Gasteiger partial charge on any atom is 0.0994 e. The van der Waals surface area contributed by atoms with E-state index in [2.05, 4.69) is 15.9 Å². The summed E-state index contributed by atoms with van der Waals surface area (Å²) in [6, 6.07) is 7.35. The van der Waals surface area contributed by atoms with E-state index in [1.807, 2.05) is 18.2 Å². The number of thiophene rings is 1. The minimum Gasteiger partial charge on any atom is -0.112 e. The van der Waals surface area contributed by atoms with Gasteiger partial charge in [0, 0.05) is 10.0 Å². The number of hydrogen-bond donors (Lipinski definition) is 0. The summed E-state index contributed by atoms with van der Waals surface area (Å²) in [4.78, 5) is 0. The van der Waals surface area contributed by atoms with Gasteiger partial charge in [-0.1, -0.05) is 40.9 Å². The van der Waals surface area contributed by atoms with Gasteiger partial charge in [0.25, 0.3) is 0 Å². The second-order valence-corrected chi connectivity index (χ2v) is 7.30. The first-order valence-corrected chi connectivity index (χ1v) is 7.70. The summed E-state index contributed by atoms with van der Waals surface area (Å²) >= 11 is 29.0. The van der Waals surface area contributed by atoms with Gasteiger partial charge in [-0.15, -0.1) is 22.9 Å². The molecule has 2 rings (SSSR count). The lowest BCUT2D eigenvalue weighted by atomic mass is 10.1. The molecular weight excluding hydrogens is 386 g/mol. The van der Waals surface area contributed by atoms with Crippen molar-refractivity contribution in [3.05, 3.63) is 53.6 Å². The molecule has 0 aliphatic heterocycles. The zero-order valence-electron chi connectivity index (χ0n) is 8.18. The minimum atomic E-state index is -0.350. The van der Waals surface area contributed by atoms with E-state index in [1.54, 1.807) is 6.07 Å². The fourth-order valence-corrected chi connectivity index (χ4v) is 3.77. The molecule has 17 heavy (non-hydrogen) atoms. The maximum absolute atomic E-state index is 6.36. The largest absolute Gasteiger partial charge is 0.112 e. The Kier molecular flexibility index (Phi) is 4.67. The van der Waals surface area contributed by atoms with Crippen molar-refractivity contribution in [1.29, 1.82) is 0 Å². The van der Waals surface area contributed by atoms with Gasteiger partial charge < -0.3 is 0 Å². The van der Waals surface area contributed by atoms with Crippen LogP contribution in [0.3, 0.4) is 0 Å². The molecule has 0 bridgehead atoms. The van der Waals surface area contributed by atoms with Crippen LogP contribution in [0.1, 0.15) is 16.5 Å². The normalized spacial score (nSPS) is 12.8. The van der Waals surface area contributed by atoms with Gasteiger partial charge in [0.15, 0.2) is 0 Å². The standard InChI is InChI=1S/C11H5BrCl4S/c12-7-2-1-5(3-8(7)13)10(15)6-4-9(14)17-11(6)16/h1-4,10H. The Morgan fingerprint density at radius 1 is 1.12 bits per heavy atom. The van der Waals surface area contributed by atoms with Gasteiger partial charge in [-0.05, 0) is 39.7 Å². The van der Waals surface area contributed by atoms with E-state index in [-0.39, 0.29) is 5.38 Å². The van der Waals surface area contributed by atoms with E-state index in [0.717, 1.165) is 15.6 Å². The molecule has 0 N–H and O–H groups in total. The Hall–Kier alpha value is 0.560. The number of alkyl halides is 1. The first-order valence-electron chi connectivity index (χ1n) is 4.53. The van der Waals surface area contributed by atoms with Crippen LogP contribution in [-0.4, -0.2) is 0 Å². The molecule has 1 aromatic carbocycles. The zero-order chi connectivity index (χ0) is 12.6. The van der Waals surface area contributed by atoms with Crippen LogP contribution < -0.4 is 0 Å². The smallest absolute Gasteiger partial charge is 0.0994 e. The topological polar surface area (TPSA) is 0 Å². The van der Waals surface area contributed by atoms with E-state index in [1.165, 1.54) is 11.3 Å². The Labute approximate surface area is 132 Å². The first-order chi connectivity index (χ1) is 7.99. The predicted molar refractivity (Wildman–Crippen MR) is 81.2 cm³/mol. The molecule has 1 heterocycles. The fraction of sp³-hybridized carbons (Fsp3) is 0.0909. The third-order valence-corrected chi connectivity index (χ3v) is 5.43. The van der Waals surface area contributed by atoms with Crippen LogP contribution in [0, 0.1) is 0 Å². The summed E-state index contributed by atoms with van der Waals surface area (Å²) in [5.74, 6) is 0. The summed E-state index contributed by atoms with van der Waals surface area (Å²) in [6.45, 7) is 0. The molecule has 0 aliphatic rings. The van der Waals surface area contributed by atoms with Crippen LogP contribution in [0.2, 0.25) is 13.7 Å². The number of benzene rings is 1. The lowest BCUT2D eigenvalue weighted by Crippen LogP contribution is -1.92. The summed E-state index contributed by atoms with van der Waals surface area (Å²) in [6.07, 6.45) is 0. The second-order valence-electron chi connectivity index (χ2n) is 3.32. The van der Waals surface area contributed by atoms with Gasteiger partial charge in [0.1, 0.15) is 0 Å². The summed E-state index contributed by atoms with van der Waals surface area (Å²) in [5.41, 5.74) is 1.69. The van der Waals surface area contributed by atoms with E-state index in [9.17, 15) is 0 Å². The van der Waals surface area contributed by atoms with Gasteiger partial charge >= 0.3 is 0 Å². The Balaban J connectivity index is 2.40. The van der Waals surface area contributed by atoms with Crippen LogP contribution in [0.25, 0.3) is 0 Å². The van der Waals surface area contributed by atoms with Crippen LogP contribution in [-0.2, 0) is 0 Å². The molecule has 0 saturated heterocycles. The highest BCUT2D eigenvalue weighted by atomic mass is 79.9. The van der Waals surface area contributed by atoms with E-state index in [4.69, 9.17) is 46.4 Å². The Morgan fingerprint density at radius 3 is 2.35 bits per heavy atom. The Bertz CT molecular complexity index is 552. The van der Waals surface area contributed by atoms with E-state index < -0.39 is 0 Å². The molecule has 0 spiro atoms. The third kappa shape index (κ3) is 3.12. The molecule has 0 amide bonds. The van der Waals surface area contributed by atoms with Gasteiger partial charge in [0.2, 0.25) is 0 Å². The van der Waals surface area contributed by atoms with E-state index >= 15 is 0 Å². The molecule has 90 valence electrons. The van der Waals surface area contributed by atoms with Crippen molar-refractivity contribution in [3.63, 3.8) is 0 Å². The van der Waals surface area contributed by atoms with Crippen LogP contribution in [0.5, 0.6) is 0 Å². The van der Waals surface area contributed by atoms with Crippen LogP contribution in [0.4, 0.5) is 0 Å². The lowest BCUT2D eigenvalue weighted by Gasteiger charge is -2.10. The second kappa shape index (κ2) is 5.68. The number of hydrogen-bond acceptors (Lipinski definition) is 1. The van der Waals surface area contributed by atoms with Crippen molar-refractivity contribution >= 4 is 73.7 Å². The maximum atomic E-state index is 6.36. The highest BCUT2D eigenvalue weighted by Crippen LogP contribution is 2.41. The van der Waals surface area contributed by atoms with Crippen molar-refractivity contribution < 1.29 is 0 Å². The third-order valence-electron chi connectivity index (χ3n) is 2.19. The number of halogens is 5. The van der Waals surface area contributed by atoms with Gasteiger partial charge in [0.05, 0.1) is 19.1 Å². The molecule has 0 radical (unpaired) electrons. The van der Waals surface area contributed by atoms with Gasteiger partial charge in [-0.3, -0.25) is 0 Å². The SMILES string of the molecule is Clc1cc(C(Cl)c2ccc(Br)c(Cl)c2)c(Cl)s1. The zero-order valence-corrected chi connectivity index (χ0v) is 13.6. The molecule has 0 saturated carbocycles. The molecule has 1 unspecified atom stereocenters. The molecular formula is C11H5BrCl4S. The van der Waals surface area contributed by atoms with Crippen molar-refractivity contribution in [1.82, 2.24) is 0 Å². The molecule has 0 fully saturated rings. The van der Waals surface area contributed by atoms with Gasteiger partial charge in [-0.25, -0.2) is 0 Å². The van der Waals surface area contributed by atoms with Crippen molar-refractivity contribution in [2.75, 3.05) is 0 Å². The van der Waals surface area contributed by atoms with E-state index in [0.29, 0.717) is 13.7 Å². The lowest BCUT2D eigenvalue weighted by molar-refractivity contribution is 1.15. The van der Waals surface area contributed by atoms with Crippen molar-refractivity contribution in [3.8, 4) is 0 Å². The van der Waals surface area contributed by atoms with Crippen molar-refractivity contribution in [2.45, 2.75) is 5.38 Å². The molecule has 6 heteroatoms. The molecule has 0 nitrogen and oxygen atoms in total. The highest BCUT2D eigenvalue weighted by molar-refractivity contribution is 9.10. The summed E-state index contributed by atoms with van der Waals surface area (Å²) < 4.78 is 2.06. The summed E-state index contributed by atoms with van der Waals surface area (Å²) in [7, 11) is 0. The number of rotatable bonds is 2. The highest BCUT2D eigenvalue weighted by Gasteiger charge is 2.17. The molecule has 1 aromatic heterocycles. The van der Waals surface area contributed by atoms with Crippen LogP contribution >= 0.6 is 73.7 Å². The average Bonchev–Trinajstić information content (AvgIpc) is 2.61. The Morgan fingerprint density at radius 2 is 1.82 bits per heavy atom. The predicted octanol–water partition coefficient (Wildman–Crippen LogP) is 6.80. The fourth-order valence-electron chi connectivity index (χ4n) is 1.38. The van der Waals surface area contributed by atoms with Crippen molar-refractivity contribution in [2.24, 2.45) is 0 Å². The molecule has 1 atom stereocenters. The summed E-state index contributed by atoms with van der Waals surface area (Å²) in [5, 5.41) is 0.266.